The highest BCUT2D eigenvalue weighted by Crippen LogP contribution is 2.23. The molecule has 4 rings (SSSR count). The highest BCUT2D eigenvalue weighted by Gasteiger charge is 2.14. The molecule has 132 valence electrons. The summed E-state index contributed by atoms with van der Waals surface area (Å²) in [5.41, 5.74) is 2.49. The zero-order chi connectivity index (χ0) is 18.1. The van der Waals surface area contributed by atoms with E-state index in [1.165, 1.54) is 10.6 Å². The lowest BCUT2D eigenvalue weighted by Gasteiger charge is -2.07. The molecule has 9 heteroatoms. The smallest absolute Gasteiger partial charge is 0.188 e. The Morgan fingerprint density at radius 2 is 2.00 bits per heavy atom. The summed E-state index contributed by atoms with van der Waals surface area (Å²) in [7, 11) is 0. The van der Waals surface area contributed by atoms with Gasteiger partial charge < -0.3 is 10.4 Å². The van der Waals surface area contributed by atoms with E-state index in [2.05, 4.69) is 25.7 Å². The first-order valence-corrected chi connectivity index (χ1v) is 8.05. The molecule has 3 aromatic heterocycles. The van der Waals surface area contributed by atoms with Crippen LogP contribution < -0.4 is 5.32 Å². The van der Waals surface area contributed by atoms with Gasteiger partial charge in [0.1, 0.15) is 5.82 Å². The summed E-state index contributed by atoms with van der Waals surface area (Å²) in [4.78, 5) is 0. The van der Waals surface area contributed by atoms with Crippen LogP contribution in [0.4, 0.5) is 15.9 Å². The molecule has 0 atom stereocenters. The van der Waals surface area contributed by atoms with Crippen molar-refractivity contribution >= 4 is 17.2 Å². The van der Waals surface area contributed by atoms with E-state index >= 15 is 0 Å². The first kappa shape index (κ1) is 16.2. The summed E-state index contributed by atoms with van der Waals surface area (Å²) in [5, 5.41) is 29.0. The van der Waals surface area contributed by atoms with Crippen LogP contribution >= 0.6 is 0 Å². The zero-order valence-electron chi connectivity index (χ0n) is 14.0. The fourth-order valence-corrected chi connectivity index (χ4v) is 2.69. The highest BCUT2D eigenvalue weighted by molar-refractivity contribution is 5.62. The van der Waals surface area contributed by atoms with Crippen molar-refractivity contribution < 1.29 is 9.50 Å². The Bertz CT molecular complexity index is 1070. The zero-order valence-corrected chi connectivity index (χ0v) is 14.0. The maximum Gasteiger partial charge on any atom is 0.188 e. The van der Waals surface area contributed by atoms with Gasteiger partial charge in [0.15, 0.2) is 17.3 Å². The van der Waals surface area contributed by atoms with Gasteiger partial charge in [-0.2, -0.15) is 9.61 Å². The summed E-state index contributed by atoms with van der Waals surface area (Å²) in [5.74, 6) is 0.485. The third kappa shape index (κ3) is 2.78. The Labute approximate surface area is 147 Å². The molecule has 4 aromatic rings. The summed E-state index contributed by atoms with van der Waals surface area (Å²) < 4.78 is 17.3. The number of nitrogens with zero attached hydrogens (tertiary/aromatic N) is 6. The van der Waals surface area contributed by atoms with Crippen molar-refractivity contribution in [3.63, 3.8) is 0 Å². The van der Waals surface area contributed by atoms with Crippen molar-refractivity contribution in [3.05, 3.63) is 54.1 Å². The molecule has 0 spiro atoms. The van der Waals surface area contributed by atoms with E-state index in [-0.39, 0.29) is 12.4 Å². The quantitative estimate of drug-likeness (QED) is 0.571. The van der Waals surface area contributed by atoms with Gasteiger partial charge in [-0.3, -0.25) is 4.68 Å². The molecule has 3 heterocycles. The number of hydrogen-bond donors (Lipinski definition) is 2. The summed E-state index contributed by atoms with van der Waals surface area (Å²) in [6.07, 6.45) is 1.67. The van der Waals surface area contributed by atoms with E-state index in [0.717, 1.165) is 11.4 Å². The minimum Gasteiger partial charge on any atom is -0.394 e. The topological polar surface area (TPSA) is 93.2 Å². The molecule has 0 unspecified atom stereocenters. The van der Waals surface area contributed by atoms with Gasteiger partial charge >= 0.3 is 0 Å². The monoisotopic (exact) mass is 353 g/mol. The third-order valence-corrected chi connectivity index (χ3v) is 4.06. The maximum absolute atomic E-state index is 14.1. The molecule has 26 heavy (non-hydrogen) atoms. The number of aromatic nitrogens is 6. The second-order valence-corrected chi connectivity index (χ2v) is 5.71. The Balaban J connectivity index is 1.72. The van der Waals surface area contributed by atoms with Crippen molar-refractivity contribution in [1.29, 1.82) is 0 Å². The van der Waals surface area contributed by atoms with Gasteiger partial charge in [-0.1, -0.05) is 12.1 Å². The molecule has 0 fully saturated rings. The molecule has 0 amide bonds. The normalized spacial score (nSPS) is 11.2. The number of benzene rings is 1. The molecule has 0 aliphatic rings. The number of fused-ring (bicyclic) bond motifs is 1. The van der Waals surface area contributed by atoms with Gasteiger partial charge in [0.2, 0.25) is 0 Å². The van der Waals surface area contributed by atoms with Crippen LogP contribution in [0.15, 0.2) is 42.6 Å². The Kier molecular flexibility index (Phi) is 4.05. The van der Waals surface area contributed by atoms with Crippen LogP contribution in [0.5, 0.6) is 0 Å². The second kappa shape index (κ2) is 6.52. The largest absolute Gasteiger partial charge is 0.394 e. The summed E-state index contributed by atoms with van der Waals surface area (Å²) >= 11 is 0. The van der Waals surface area contributed by atoms with Gasteiger partial charge in [0.25, 0.3) is 0 Å². The van der Waals surface area contributed by atoms with E-state index in [9.17, 15) is 4.39 Å². The molecule has 8 nitrogen and oxygen atoms in total. The molecule has 0 aliphatic carbocycles. The van der Waals surface area contributed by atoms with Gasteiger partial charge in [0.05, 0.1) is 36.3 Å². The predicted molar refractivity (Wildman–Crippen MR) is 93.5 cm³/mol. The van der Waals surface area contributed by atoms with Crippen LogP contribution in [0.1, 0.15) is 5.69 Å². The molecule has 0 aliphatic heterocycles. The second-order valence-electron chi connectivity index (χ2n) is 5.71. The number of rotatable bonds is 5. The predicted octanol–water partition coefficient (Wildman–Crippen LogP) is 2.17. The van der Waals surface area contributed by atoms with Crippen molar-refractivity contribution in [2.24, 2.45) is 0 Å². The van der Waals surface area contributed by atoms with E-state index in [0.29, 0.717) is 29.4 Å². The number of nitrogens with one attached hydrogen (secondary N) is 1. The summed E-state index contributed by atoms with van der Waals surface area (Å²) in [6, 6.07) is 9.88. The van der Waals surface area contributed by atoms with Crippen molar-refractivity contribution in [3.8, 4) is 11.4 Å². The Hall–Kier alpha value is -3.33. The van der Waals surface area contributed by atoms with Gasteiger partial charge in [-0.25, -0.2) is 4.39 Å². The number of aliphatic hydroxyl groups is 1. The first-order chi connectivity index (χ1) is 12.7. The van der Waals surface area contributed by atoms with Crippen molar-refractivity contribution in [1.82, 2.24) is 29.6 Å². The molecule has 2 N–H and O–H groups in total. The van der Waals surface area contributed by atoms with E-state index in [1.807, 2.05) is 6.92 Å². The third-order valence-electron chi connectivity index (χ3n) is 4.06. The van der Waals surface area contributed by atoms with Crippen LogP contribution in [-0.2, 0) is 6.54 Å². The van der Waals surface area contributed by atoms with Gasteiger partial charge in [-0.05, 0) is 31.2 Å². The molecule has 1 aromatic carbocycles. The average molecular weight is 353 g/mol. The SMILES string of the molecule is Cc1c(Nc2ccc3nnc(-c4ccccc4F)n3n2)cnn1CCO. The van der Waals surface area contributed by atoms with E-state index in [4.69, 9.17) is 5.11 Å². The number of halogens is 1. The molecule has 0 saturated carbocycles. The lowest BCUT2D eigenvalue weighted by Crippen LogP contribution is -2.06. The Morgan fingerprint density at radius 1 is 1.15 bits per heavy atom. The summed E-state index contributed by atoms with van der Waals surface area (Å²) in [6.45, 7) is 2.33. The van der Waals surface area contributed by atoms with E-state index < -0.39 is 0 Å². The molecular weight excluding hydrogens is 337 g/mol. The molecule has 0 radical (unpaired) electrons. The number of anilines is 2. The van der Waals surface area contributed by atoms with Crippen LogP contribution in [0, 0.1) is 12.7 Å². The lowest BCUT2D eigenvalue weighted by atomic mass is 10.2. The van der Waals surface area contributed by atoms with Crippen LogP contribution in [0.2, 0.25) is 0 Å². The van der Waals surface area contributed by atoms with Gasteiger partial charge in [0, 0.05) is 0 Å². The minimum absolute atomic E-state index is 0.0128. The fourth-order valence-electron chi connectivity index (χ4n) is 2.69. The first-order valence-electron chi connectivity index (χ1n) is 8.05. The lowest BCUT2D eigenvalue weighted by molar-refractivity contribution is 0.268. The standard InChI is InChI=1S/C17H16FN7O/c1-11-14(10-19-24(11)8-9-26)20-15-6-7-16-21-22-17(25(16)23-15)12-4-2-3-5-13(12)18/h2-7,10,26H,8-9H2,1H3,(H,20,23). The number of aliphatic hydroxyl groups excluding tert-OH is 1. The van der Waals surface area contributed by atoms with Crippen LogP contribution in [0.3, 0.4) is 0 Å². The van der Waals surface area contributed by atoms with Crippen molar-refractivity contribution in [2.45, 2.75) is 13.5 Å². The average Bonchev–Trinajstić information content (AvgIpc) is 3.21. The van der Waals surface area contributed by atoms with Crippen LogP contribution in [0.25, 0.3) is 17.0 Å². The molecular formula is C17H16FN7O. The Morgan fingerprint density at radius 3 is 2.81 bits per heavy atom. The minimum atomic E-state index is -0.386. The number of hydrogen-bond acceptors (Lipinski definition) is 6. The maximum atomic E-state index is 14.1. The van der Waals surface area contributed by atoms with E-state index in [1.54, 1.807) is 41.2 Å². The molecule has 0 bridgehead atoms. The molecule has 0 saturated heterocycles. The van der Waals surface area contributed by atoms with Crippen LogP contribution in [-0.4, -0.2) is 41.3 Å². The highest BCUT2D eigenvalue weighted by atomic mass is 19.1. The van der Waals surface area contributed by atoms with Gasteiger partial charge in [-0.15, -0.1) is 15.3 Å². The van der Waals surface area contributed by atoms with Crippen molar-refractivity contribution in [2.75, 3.05) is 11.9 Å². The fraction of sp³-hybridized carbons (Fsp3) is 0.176.